The van der Waals surface area contributed by atoms with Crippen molar-refractivity contribution in [1.29, 1.82) is 0 Å². The summed E-state index contributed by atoms with van der Waals surface area (Å²) in [5.74, 6) is 1.46. The van der Waals surface area contributed by atoms with Gasteiger partial charge < -0.3 is 19.7 Å². The van der Waals surface area contributed by atoms with Gasteiger partial charge in [0.25, 0.3) is 0 Å². The molecule has 1 saturated heterocycles. The van der Waals surface area contributed by atoms with Crippen LogP contribution in [0, 0.1) is 5.92 Å². The topological polar surface area (TPSA) is 71.1 Å². The standard InChI is InChI=1S/C25H29N3O4S/c1-17-8-13-28(20-4-2-3-5-23(20)33-17)24(29)15-27-11-9-18(10-12-27)25(30)26-19-6-7-21-22(14-19)32-16-31-21/h2-7,14,17-18H,8-13,15-16H2,1H3,(H,26,30)/t17-/m0/s1. The zero-order valence-electron chi connectivity index (χ0n) is 18.8. The van der Waals surface area contributed by atoms with Crippen LogP contribution in [-0.4, -0.2) is 54.9 Å². The first kappa shape index (κ1) is 22.1. The maximum Gasteiger partial charge on any atom is 0.241 e. The van der Waals surface area contributed by atoms with Gasteiger partial charge in [0.1, 0.15) is 0 Å². The highest BCUT2D eigenvalue weighted by Crippen LogP contribution is 2.37. The molecule has 3 aliphatic heterocycles. The Balaban J connectivity index is 1.15. The van der Waals surface area contributed by atoms with Crippen LogP contribution in [0.5, 0.6) is 11.5 Å². The predicted octanol–water partition coefficient (Wildman–Crippen LogP) is 3.98. The third kappa shape index (κ3) is 4.96. The Morgan fingerprint density at radius 3 is 2.67 bits per heavy atom. The van der Waals surface area contributed by atoms with Crippen molar-refractivity contribution >= 4 is 35.0 Å². The second-order valence-electron chi connectivity index (χ2n) is 8.84. The summed E-state index contributed by atoms with van der Waals surface area (Å²) >= 11 is 1.84. The molecule has 0 bridgehead atoms. The molecule has 5 rings (SSSR count). The Labute approximate surface area is 198 Å². The van der Waals surface area contributed by atoms with E-state index in [1.54, 1.807) is 6.07 Å². The van der Waals surface area contributed by atoms with Gasteiger partial charge >= 0.3 is 0 Å². The van der Waals surface area contributed by atoms with E-state index in [1.807, 2.05) is 47.0 Å². The number of para-hydroxylation sites is 1. The lowest BCUT2D eigenvalue weighted by molar-refractivity contribution is -0.122. The molecule has 8 heteroatoms. The average Bonchev–Trinajstić information content (AvgIpc) is 3.21. The summed E-state index contributed by atoms with van der Waals surface area (Å²) in [6.07, 6.45) is 2.47. The molecule has 1 atom stereocenters. The number of carbonyl (C=O) groups is 2. The van der Waals surface area contributed by atoms with Gasteiger partial charge in [-0.3, -0.25) is 14.5 Å². The average molecular weight is 468 g/mol. The van der Waals surface area contributed by atoms with Crippen LogP contribution in [0.15, 0.2) is 47.4 Å². The van der Waals surface area contributed by atoms with Crippen LogP contribution in [0.25, 0.3) is 0 Å². The Morgan fingerprint density at radius 2 is 1.82 bits per heavy atom. The van der Waals surface area contributed by atoms with Crippen molar-refractivity contribution in [2.45, 2.75) is 36.3 Å². The number of amides is 2. The number of likely N-dealkylation sites (tertiary alicyclic amines) is 1. The molecule has 1 fully saturated rings. The first-order valence-electron chi connectivity index (χ1n) is 11.6. The fourth-order valence-electron chi connectivity index (χ4n) is 4.59. The largest absolute Gasteiger partial charge is 0.454 e. The first-order valence-corrected chi connectivity index (χ1v) is 12.4. The van der Waals surface area contributed by atoms with Crippen molar-refractivity contribution in [2.24, 2.45) is 5.92 Å². The molecule has 0 aliphatic carbocycles. The lowest BCUT2D eigenvalue weighted by Crippen LogP contribution is -2.45. The van der Waals surface area contributed by atoms with Crippen molar-refractivity contribution in [3.05, 3.63) is 42.5 Å². The van der Waals surface area contributed by atoms with Gasteiger partial charge in [-0.15, -0.1) is 11.8 Å². The Hall–Kier alpha value is -2.71. The molecule has 0 saturated carbocycles. The van der Waals surface area contributed by atoms with E-state index < -0.39 is 0 Å². The highest BCUT2D eigenvalue weighted by Gasteiger charge is 2.29. The fraction of sp³-hybridized carbons (Fsp3) is 0.440. The molecule has 2 aromatic rings. The van der Waals surface area contributed by atoms with Crippen molar-refractivity contribution in [3.8, 4) is 11.5 Å². The van der Waals surface area contributed by atoms with E-state index in [4.69, 9.17) is 9.47 Å². The van der Waals surface area contributed by atoms with Crippen molar-refractivity contribution in [1.82, 2.24) is 4.90 Å². The third-order valence-electron chi connectivity index (χ3n) is 6.50. The molecule has 0 unspecified atom stereocenters. The van der Waals surface area contributed by atoms with E-state index in [0.717, 1.165) is 44.6 Å². The van der Waals surface area contributed by atoms with Crippen LogP contribution in [0.1, 0.15) is 26.2 Å². The van der Waals surface area contributed by atoms with Crippen LogP contribution < -0.4 is 19.7 Å². The summed E-state index contributed by atoms with van der Waals surface area (Å²) in [5.41, 5.74) is 1.74. The van der Waals surface area contributed by atoms with Crippen LogP contribution in [0.4, 0.5) is 11.4 Å². The SMILES string of the molecule is C[C@H]1CCN(C(=O)CN2CCC(C(=O)Nc3ccc4c(c3)OCO4)CC2)c2ccccc2S1. The minimum absolute atomic E-state index is 0.0206. The monoisotopic (exact) mass is 467 g/mol. The molecule has 2 aromatic carbocycles. The van der Waals surface area contributed by atoms with Gasteiger partial charge in [-0.1, -0.05) is 19.1 Å². The second-order valence-corrected chi connectivity index (χ2v) is 10.3. The molecule has 174 valence electrons. The fourth-order valence-corrected chi connectivity index (χ4v) is 5.71. The van der Waals surface area contributed by atoms with Gasteiger partial charge in [0.2, 0.25) is 18.6 Å². The van der Waals surface area contributed by atoms with E-state index in [-0.39, 0.29) is 24.5 Å². The van der Waals surface area contributed by atoms with E-state index in [0.29, 0.717) is 29.0 Å². The van der Waals surface area contributed by atoms with Crippen molar-refractivity contribution < 1.29 is 19.1 Å². The molecule has 3 heterocycles. The minimum atomic E-state index is -0.0575. The van der Waals surface area contributed by atoms with Gasteiger partial charge in [0.05, 0.1) is 12.2 Å². The van der Waals surface area contributed by atoms with Crippen LogP contribution in [0.2, 0.25) is 0 Å². The van der Waals surface area contributed by atoms with E-state index in [2.05, 4.69) is 23.2 Å². The highest BCUT2D eigenvalue weighted by molar-refractivity contribution is 8.00. The summed E-state index contributed by atoms with van der Waals surface area (Å²) in [6, 6.07) is 13.6. The number of nitrogens with one attached hydrogen (secondary N) is 1. The summed E-state index contributed by atoms with van der Waals surface area (Å²) < 4.78 is 10.7. The van der Waals surface area contributed by atoms with Crippen LogP contribution in [-0.2, 0) is 9.59 Å². The smallest absolute Gasteiger partial charge is 0.241 e. The Bertz CT molecular complexity index is 1040. The summed E-state index contributed by atoms with van der Waals surface area (Å²) in [5, 5.41) is 3.49. The number of nitrogens with zero attached hydrogens (tertiary/aromatic N) is 2. The van der Waals surface area contributed by atoms with Gasteiger partial charge in [0, 0.05) is 34.4 Å². The molecule has 0 aromatic heterocycles. The lowest BCUT2D eigenvalue weighted by atomic mass is 9.95. The summed E-state index contributed by atoms with van der Waals surface area (Å²) in [6.45, 7) is 5.05. The molecule has 0 spiro atoms. The quantitative estimate of drug-likeness (QED) is 0.733. The van der Waals surface area contributed by atoms with Crippen molar-refractivity contribution in [3.63, 3.8) is 0 Å². The number of ether oxygens (including phenoxy) is 2. The van der Waals surface area contributed by atoms with Gasteiger partial charge in [-0.25, -0.2) is 0 Å². The third-order valence-corrected chi connectivity index (χ3v) is 7.74. The Morgan fingerprint density at radius 1 is 1.03 bits per heavy atom. The number of hydrogen-bond donors (Lipinski definition) is 1. The zero-order chi connectivity index (χ0) is 22.8. The zero-order valence-corrected chi connectivity index (χ0v) is 19.6. The number of hydrogen-bond acceptors (Lipinski definition) is 6. The molecule has 0 radical (unpaired) electrons. The minimum Gasteiger partial charge on any atom is -0.454 e. The number of anilines is 2. The number of rotatable bonds is 4. The molecule has 3 aliphatic rings. The van der Waals surface area contributed by atoms with Crippen LogP contribution >= 0.6 is 11.8 Å². The lowest BCUT2D eigenvalue weighted by Gasteiger charge is -2.32. The maximum atomic E-state index is 13.2. The van der Waals surface area contributed by atoms with Crippen molar-refractivity contribution in [2.75, 3.05) is 43.2 Å². The molecule has 33 heavy (non-hydrogen) atoms. The van der Waals surface area contributed by atoms with E-state index in [9.17, 15) is 9.59 Å². The van der Waals surface area contributed by atoms with Gasteiger partial charge in [-0.05, 0) is 56.6 Å². The highest BCUT2D eigenvalue weighted by atomic mass is 32.2. The summed E-state index contributed by atoms with van der Waals surface area (Å²) in [4.78, 5) is 31.3. The number of thioether (sulfide) groups is 1. The number of piperidine rings is 1. The molecule has 2 amide bonds. The number of carbonyl (C=O) groups excluding carboxylic acids is 2. The Kier molecular flexibility index (Phi) is 6.46. The molecular formula is C25H29N3O4S. The maximum absolute atomic E-state index is 13.2. The predicted molar refractivity (Wildman–Crippen MR) is 129 cm³/mol. The molecule has 7 nitrogen and oxygen atoms in total. The van der Waals surface area contributed by atoms with E-state index >= 15 is 0 Å². The van der Waals surface area contributed by atoms with Gasteiger partial charge in [-0.2, -0.15) is 0 Å². The first-order chi connectivity index (χ1) is 16.1. The molecule has 1 N–H and O–H groups in total. The van der Waals surface area contributed by atoms with Crippen LogP contribution in [0.3, 0.4) is 0 Å². The van der Waals surface area contributed by atoms with Gasteiger partial charge in [0.15, 0.2) is 11.5 Å². The van der Waals surface area contributed by atoms with E-state index in [1.165, 1.54) is 4.90 Å². The summed E-state index contributed by atoms with van der Waals surface area (Å²) in [7, 11) is 0. The second kappa shape index (κ2) is 9.65. The number of fused-ring (bicyclic) bond motifs is 2. The molecular weight excluding hydrogens is 438 g/mol. The number of benzene rings is 2. The normalized spacial score (nSPS) is 20.8.